The van der Waals surface area contributed by atoms with Crippen LogP contribution in [0.2, 0.25) is 0 Å². The van der Waals surface area contributed by atoms with Crippen LogP contribution in [0.15, 0.2) is 0 Å². The van der Waals surface area contributed by atoms with Gasteiger partial charge in [-0.15, -0.1) is 11.8 Å². The van der Waals surface area contributed by atoms with Gasteiger partial charge in [-0.25, -0.2) is 0 Å². The average Bonchev–Trinajstić information content (AvgIpc) is 1.98. The summed E-state index contributed by atoms with van der Waals surface area (Å²) in [4.78, 5) is 0. The topological polar surface area (TPSA) is 20.2 Å². The van der Waals surface area contributed by atoms with E-state index in [1.54, 1.807) is 11.8 Å². The first-order chi connectivity index (χ1) is 5.78. The van der Waals surface area contributed by atoms with E-state index in [-0.39, 0.29) is 16.8 Å². The first-order valence-corrected chi connectivity index (χ1v) is 5.91. The molecule has 0 spiro atoms. The maximum Gasteiger partial charge on any atom is 0.0616 e. The van der Waals surface area contributed by atoms with Crippen LogP contribution in [-0.2, 0) is 0 Å². The van der Waals surface area contributed by atoms with Gasteiger partial charge in [0.25, 0.3) is 0 Å². The van der Waals surface area contributed by atoms with Crippen LogP contribution in [0.4, 0.5) is 0 Å². The minimum absolute atomic E-state index is 0.115. The van der Waals surface area contributed by atoms with Crippen LogP contribution in [-0.4, -0.2) is 20.2 Å². The van der Waals surface area contributed by atoms with Gasteiger partial charge in [-0.05, 0) is 6.42 Å². The van der Waals surface area contributed by atoms with Gasteiger partial charge in [0.05, 0.1) is 10.3 Å². The fraction of sp³-hybridized carbons (Fsp3) is 0.900. The quantitative estimate of drug-likeness (QED) is 0.737. The molecule has 0 fully saturated rings. The molecule has 0 rings (SSSR count). The second-order valence-corrected chi connectivity index (χ2v) is 6.86. The van der Waals surface area contributed by atoms with E-state index in [0.717, 1.165) is 10.6 Å². The van der Waals surface area contributed by atoms with E-state index < -0.39 is 0 Å². The Kier molecular flexibility index (Phi) is 5.49. The second-order valence-electron chi connectivity index (χ2n) is 4.30. The number of aliphatic hydroxyl groups is 1. The van der Waals surface area contributed by atoms with Crippen molar-refractivity contribution in [2.24, 2.45) is 5.92 Å². The van der Waals surface area contributed by atoms with Gasteiger partial charge in [0.2, 0.25) is 0 Å². The van der Waals surface area contributed by atoms with E-state index in [0.29, 0.717) is 0 Å². The average molecular weight is 220 g/mol. The maximum absolute atomic E-state index is 9.59. The molecule has 0 aromatic heterocycles. The summed E-state index contributed by atoms with van der Waals surface area (Å²) in [5, 5.41) is 9.59. The molecule has 0 bridgehead atoms. The Balaban J connectivity index is 4.12. The minimum atomic E-state index is -0.289. The lowest BCUT2D eigenvalue weighted by Crippen LogP contribution is -2.24. The van der Waals surface area contributed by atoms with Crippen molar-refractivity contribution in [3.05, 3.63) is 0 Å². The number of aliphatic hydroxyl groups excluding tert-OH is 1. The molecule has 0 saturated heterocycles. The normalized spacial score (nSPS) is 16.8. The third-order valence-electron chi connectivity index (χ3n) is 1.77. The van der Waals surface area contributed by atoms with Gasteiger partial charge in [-0.2, -0.15) is 0 Å². The lowest BCUT2D eigenvalue weighted by molar-refractivity contribution is 0.143. The molecule has 78 valence electrons. The van der Waals surface area contributed by atoms with Gasteiger partial charge in [0.15, 0.2) is 0 Å². The Morgan fingerprint density at radius 1 is 1.46 bits per heavy atom. The van der Waals surface area contributed by atoms with Crippen molar-refractivity contribution in [3.63, 3.8) is 0 Å². The van der Waals surface area contributed by atoms with Crippen LogP contribution in [0.1, 0.15) is 41.0 Å². The summed E-state index contributed by atoms with van der Waals surface area (Å²) in [6, 6.07) is 0. The molecule has 0 aromatic carbocycles. The fourth-order valence-electron chi connectivity index (χ4n) is 0.905. The molecule has 3 heteroatoms. The summed E-state index contributed by atoms with van der Waals surface area (Å²) >= 11 is 6.95. The lowest BCUT2D eigenvalue weighted by Gasteiger charge is -2.24. The molecule has 0 unspecified atom stereocenters. The Bertz CT molecular complexity index is 172. The van der Waals surface area contributed by atoms with Crippen LogP contribution in [0.3, 0.4) is 0 Å². The smallest absolute Gasteiger partial charge is 0.0616 e. The monoisotopic (exact) mass is 220 g/mol. The Labute approximate surface area is 91.3 Å². The molecule has 2 atom stereocenters. The van der Waals surface area contributed by atoms with Crippen LogP contribution in [0.25, 0.3) is 0 Å². The van der Waals surface area contributed by atoms with E-state index in [9.17, 15) is 5.11 Å². The van der Waals surface area contributed by atoms with Crippen LogP contribution in [0.5, 0.6) is 0 Å². The zero-order valence-electron chi connectivity index (χ0n) is 9.13. The summed E-state index contributed by atoms with van der Waals surface area (Å²) in [6.45, 7) is 10.4. The van der Waals surface area contributed by atoms with Gasteiger partial charge < -0.3 is 5.11 Å². The number of rotatable bonds is 3. The predicted molar refractivity (Wildman–Crippen MR) is 65.4 cm³/mol. The molecule has 0 aliphatic rings. The number of thiocarbonyl (C=S) groups is 1. The number of thioether (sulfide) groups is 1. The fourth-order valence-corrected chi connectivity index (χ4v) is 2.76. The van der Waals surface area contributed by atoms with Crippen molar-refractivity contribution in [2.75, 3.05) is 0 Å². The third kappa shape index (κ3) is 5.66. The summed E-state index contributed by atoms with van der Waals surface area (Å²) in [5.41, 5.74) is 0. The SMILES string of the molecule is CC[C@@H](O)[C@@H](C)C(=S)SC(C)(C)C. The Hall–Kier alpha value is 0.400. The highest BCUT2D eigenvalue weighted by Gasteiger charge is 2.22. The summed E-state index contributed by atoms with van der Waals surface area (Å²) in [7, 11) is 0. The maximum atomic E-state index is 9.59. The van der Waals surface area contributed by atoms with Crippen LogP contribution < -0.4 is 0 Å². The minimum Gasteiger partial charge on any atom is -0.392 e. The van der Waals surface area contributed by atoms with Crippen LogP contribution >= 0.6 is 24.0 Å². The van der Waals surface area contributed by atoms with Crippen molar-refractivity contribution < 1.29 is 5.11 Å². The van der Waals surface area contributed by atoms with E-state index in [1.165, 1.54) is 0 Å². The molecule has 0 aromatic rings. The molecule has 0 aliphatic heterocycles. The number of hydrogen-bond acceptors (Lipinski definition) is 3. The van der Waals surface area contributed by atoms with Gasteiger partial charge in [-0.1, -0.05) is 46.8 Å². The molecule has 1 nitrogen and oxygen atoms in total. The standard InChI is InChI=1S/C10H20OS2/c1-6-8(11)7(2)9(12)13-10(3,4)5/h7-8,11H,6H2,1-5H3/t7-,8-/m1/s1. The molecular formula is C10H20OS2. The largest absolute Gasteiger partial charge is 0.392 e. The molecule has 0 heterocycles. The van der Waals surface area contributed by atoms with Gasteiger partial charge >= 0.3 is 0 Å². The molecule has 13 heavy (non-hydrogen) atoms. The van der Waals surface area contributed by atoms with E-state index in [1.807, 2.05) is 13.8 Å². The van der Waals surface area contributed by atoms with E-state index in [2.05, 4.69) is 20.8 Å². The highest BCUT2D eigenvalue weighted by atomic mass is 32.2. The highest BCUT2D eigenvalue weighted by Crippen LogP contribution is 2.29. The predicted octanol–water partition coefficient (Wildman–Crippen LogP) is 3.25. The summed E-state index contributed by atoms with van der Waals surface area (Å²) in [6.07, 6.45) is 0.480. The first kappa shape index (κ1) is 13.4. The first-order valence-electron chi connectivity index (χ1n) is 4.69. The zero-order valence-corrected chi connectivity index (χ0v) is 10.8. The molecule has 0 amide bonds. The van der Waals surface area contributed by atoms with Crippen molar-refractivity contribution in [3.8, 4) is 0 Å². The van der Waals surface area contributed by atoms with Gasteiger partial charge in [0.1, 0.15) is 0 Å². The third-order valence-corrected chi connectivity index (χ3v) is 3.58. The van der Waals surface area contributed by atoms with Crippen molar-refractivity contribution in [1.29, 1.82) is 0 Å². The van der Waals surface area contributed by atoms with Gasteiger partial charge in [0, 0.05) is 10.7 Å². The van der Waals surface area contributed by atoms with Gasteiger partial charge in [-0.3, -0.25) is 0 Å². The van der Waals surface area contributed by atoms with Crippen molar-refractivity contribution >= 4 is 28.2 Å². The molecule has 1 N–H and O–H groups in total. The molecule has 0 radical (unpaired) electrons. The molecular weight excluding hydrogens is 200 g/mol. The lowest BCUT2D eigenvalue weighted by atomic mass is 10.1. The second kappa shape index (κ2) is 5.32. The van der Waals surface area contributed by atoms with E-state index in [4.69, 9.17) is 12.2 Å². The highest BCUT2D eigenvalue weighted by molar-refractivity contribution is 8.23. The summed E-state index contributed by atoms with van der Waals surface area (Å²) < 4.78 is 1.07. The molecule has 0 saturated carbocycles. The summed E-state index contributed by atoms with van der Waals surface area (Å²) in [5.74, 6) is 0.115. The van der Waals surface area contributed by atoms with Crippen molar-refractivity contribution in [1.82, 2.24) is 0 Å². The Morgan fingerprint density at radius 2 is 1.92 bits per heavy atom. The van der Waals surface area contributed by atoms with Crippen LogP contribution in [0, 0.1) is 5.92 Å². The van der Waals surface area contributed by atoms with Crippen molar-refractivity contribution in [2.45, 2.75) is 51.9 Å². The van der Waals surface area contributed by atoms with E-state index >= 15 is 0 Å². The molecule has 0 aliphatic carbocycles. The Morgan fingerprint density at radius 3 is 2.23 bits per heavy atom. The zero-order chi connectivity index (χ0) is 10.6. The number of hydrogen-bond donors (Lipinski definition) is 1.